The van der Waals surface area contributed by atoms with Crippen LogP contribution >= 0.6 is 0 Å². The third-order valence-corrected chi connectivity index (χ3v) is 2.29. The zero-order valence-electron chi connectivity index (χ0n) is 10.7. The molecule has 0 saturated heterocycles. The molecule has 1 aromatic rings. The first-order chi connectivity index (χ1) is 8.52. The van der Waals surface area contributed by atoms with E-state index in [1.807, 2.05) is 19.1 Å². The van der Waals surface area contributed by atoms with Gasteiger partial charge in [0.15, 0.2) is 0 Å². The molecule has 0 heterocycles. The van der Waals surface area contributed by atoms with Crippen LogP contribution in [-0.4, -0.2) is 24.7 Å². The zero-order chi connectivity index (χ0) is 13.5. The Labute approximate surface area is 106 Å². The zero-order valence-corrected chi connectivity index (χ0v) is 10.7. The van der Waals surface area contributed by atoms with Gasteiger partial charge in [0.2, 0.25) is 0 Å². The van der Waals surface area contributed by atoms with E-state index in [1.54, 1.807) is 19.1 Å². The second-order valence-electron chi connectivity index (χ2n) is 3.91. The minimum atomic E-state index is -0.388. The van der Waals surface area contributed by atoms with E-state index in [9.17, 15) is 9.59 Å². The molecule has 1 aromatic carbocycles. The topological polar surface area (TPSA) is 67.8 Å². The highest BCUT2D eigenvalue weighted by atomic mass is 16.5. The predicted molar refractivity (Wildman–Crippen MR) is 68.4 cm³/mol. The molecule has 0 spiro atoms. The van der Waals surface area contributed by atoms with Gasteiger partial charge in [0.05, 0.1) is 13.5 Å². The number of benzene rings is 1. The van der Waals surface area contributed by atoms with E-state index in [4.69, 9.17) is 0 Å². The molecule has 0 unspecified atom stereocenters. The molecular formula is C13H16N2O3. The Bertz CT molecular complexity index is 464. The molecule has 0 aliphatic carbocycles. The molecule has 96 valence electrons. The van der Waals surface area contributed by atoms with Crippen molar-refractivity contribution in [3.8, 4) is 0 Å². The maximum atomic E-state index is 11.7. The normalized spacial score (nSPS) is 10.9. The molecule has 0 radical (unpaired) electrons. The molecule has 1 N–H and O–H groups in total. The van der Waals surface area contributed by atoms with Crippen LogP contribution in [-0.2, 0) is 9.53 Å². The third kappa shape index (κ3) is 4.37. The van der Waals surface area contributed by atoms with Gasteiger partial charge in [-0.15, -0.1) is 0 Å². The van der Waals surface area contributed by atoms with E-state index in [2.05, 4.69) is 15.3 Å². The van der Waals surface area contributed by atoms with Crippen LogP contribution in [0.5, 0.6) is 0 Å². The highest BCUT2D eigenvalue weighted by Crippen LogP contribution is 2.02. The Kier molecular flexibility index (Phi) is 5.05. The Morgan fingerprint density at radius 3 is 2.44 bits per heavy atom. The number of carbonyl (C=O) groups excluding carboxylic acids is 2. The van der Waals surface area contributed by atoms with E-state index in [1.165, 1.54) is 7.11 Å². The largest absolute Gasteiger partial charge is 0.469 e. The first-order valence-corrected chi connectivity index (χ1v) is 5.50. The molecule has 0 saturated carbocycles. The van der Waals surface area contributed by atoms with Crippen molar-refractivity contribution in [3.63, 3.8) is 0 Å². The highest BCUT2D eigenvalue weighted by Gasteiger charge is 2.05. The maximum absolute atomic E-state index is 11.7. The van der Waals surface area contributed by atoms with E-state index in [0.29, 0.717) is 11.3 Å². The number of ether oxygens (including phenoxy) is 1. The Morgan fingerprint density at radius 2 is 1.89 bits per heavy atom. The molecule has 5 heteroatoms. The standard InChI is InChI=1S/C13H16N2O3/c1-9-4-6-11(7-5-9)13(17)15-14-10(2)8-12(16)18-3/h4-7H,8H2,1-3H3,(H,15,17)/b14-10-. The van der Waals surface area contributed by atoms with Crippen LogP contribution < -0.4 is 5.43 Å². The molecule has 5 nitrogen and oxygen atoms in total. The van der Waals surface area contributed by atoms with Crippen molar-refractivity contribution in [3.05, 3.63) is 35.4 Å². The molecule has 0 aromatic heterocycles. The molecule has 0 fully saturated rings. The lowest BCUT2D eigenvalue weighted by Crippen LogP contribution is -2.20. The Hall–Kier alpha value is -2.17. The van der Waals surface area contributed by atoms with Gasteiger partial charge in [-0.25, -0.2) is 5.43 Å². The van der Waals surface area contributed by atoms with Crippen LogP contribution in [0, 0.1) is 6.92 Å². The van der Waals surface area contributed by atoms with Crippen molar-refractivity contribution >= 4 is 17.6 Å². The third-order valence-electron chi connectivity index (χ3n) is 2.29. The van der Waals surface area contributed by atoms with E-state index < -0.39 is 0 Å². The lowest BCUT2D eigenvalue weighted by atomic mass is 10.1. The van der Waals surface area contributed by atoms with Gasteiger partial charge in [0, 0.05) is 11.3 Å². The van der Waals surface area contributed by atoms with Crippen molar-refractivity contribution in [1.29, 1.82) is 0 Å². The summed E-state index contributed by atoms with van der Waals surface area (Å²) < 4.78 is 4.49. The van der Waals surface area contributed by atoms with Crippen molar-refractivity contribution < 1.29 is 14.3 Å². The molecular weight excluding hydrogens is 232 g/mol. The van der Waals surface area contributed by atoms with Gasteiger partial charge in [0.1, 0.15) is 0 Å². The number of nitrogens with zero attached hydrogens (tertiary/aromatic N) is 1. The SMILES string of the molecule is COC(=O)C/C(C)=N\NC(=O)c1ccc(C)cc1. The van der Waals surface area contributed by atoms with Gasteiger partial charge in [-0.2, -0.15) is 5.10 Å². The predicted octanol–water partition coefficient (Wildman–Crippen LogP) is 1.66. The summed E-state index contributed by atoms with van der Waals surface area (Å²) in [6.07, 6.45) is 0.0602. The fourth-order valence-electron chi connectivity index (χ4n) is 1.24. The van der Waals surface area contributed by atoms with Crippen LogP contribution in [0.3, 0.4) is 0 Å². The number of amides is 1. The van der Waals surface area contributed by atoms with Crippen LogP contribution in [0.2, 0.25) is 0 Å². The second kappa shape index (κ2) is 6.54. The van der Waals surface area contributed by atoms with Crippen molar-refractivity contribution in [2.75, 3.05) is 7.11 Å². The summed E-state index contributed by atoms with van der Waals surface area (Å²) in [5, 5.41) is 3.83. The summed E-state index contributed by atoms with van der Waals surface area (Å²) in [4.78, 5) is 22.6. The smallest absolute Gasteiger partial charge is 0.311 e. The van der Waals surface area contributed by atoms with Crippen LogP contribution in [0.4, 0.5) is 0 Å². The summed E-state index contributed by atoms with van der Waals surface area (Å²) >= 11 is 0. The number of carbonyl (C=O) groups is 2. The summed E-state index contributed by atoms with van der Waals surface area (Å²) in [6, 6.07) is 7.13. The van der Waals surface area contributed by atoms with Crippen LogP contribution in [0.1, 0.15) is 29.3 Å². The van der Waals surface area contributed by atoms with Crippen molar-refractivity contribution in [2.45, 2.75) is 20.3 Å². The number of nitrogens with one attached hydrogen (secondary N) is 1. The van der Waals surface area contributed by atoms with E-state index >= 15 is 0 Å². The average molecular weight is 248 g/mol. The summed E-state index contributed by atoms with van der Waals surface area (Å²) in [7, 11) is 1.31. The molecule has 0 bridgehead atoms. The fraction of sp³-hybridized carbons (Fsp3) is 0.308. The van der Waals surface area contributed by atoms with Gasteiger partial charge < -0.3 is 4.74 Å². The Morgan fingerprint density at radius 1 is 1.28 bits per heavy atom. The number of rotatable bonds is 4. The Balaban J connectivity index is 2.57. The monoisotopic (exact) mass is 248 g/mol. The summed E-state index contributed by atoms with van der Waals surface area (Å²) in [6.45, 7) is 3.59. The van der Waals surface area contributed by atoms with Gasteiger partial charge >= 0.3 is 5.97 Å². The minimum absolute atomic E-state index is 0.0602. The fourth-order valence-corrected chi connectivity index (χ4v) is 1.24. The molecule has 0 aliphatic heterocycles. The first-order valence-electron chi connectivity index (χ1n) is 5.50. The molecule has 1 rings (SSSR count). The van der Waals surface area contributed by atoms with Gasteiger partial charge in [-0.05, 0) is 26.0 Å². The summed E-state index contributed by atoms with van der Waals surface area (Å²) in [5.74, 6) is -0.694. The molecule has 0 aliphatic rings. The van der Waals surface area contributed by atoms with E-state index in [-0.39, 0.29) is 18.3 Å². The average Bonchev–Trinajstić information content (AvgIpc) is 2.36. The van der Waals surface area contributed by atoms with E-state index in [0.717, 1.165) is 5.56 Å². The summed E-state index contributed by atoms with van der Waals surface area (Å²) in [5.41, 5.74) is 4.48. The lowest BCUT2D eigenvalue weighted by Gasteiger charge is -2.02. The number of aryl methyl sites for hydroxylation is 1. The lowest BCUT2D eigenvalue weighted by molar-refractivity contribution is -0.139. The number of hydrogen-bond acceptors (Lipinski definition) is 4. The first kappa shape index (κ1) is 13.9. The van der Waals surface area contributed by atoms with Crippen LogP contribution in [0.15, 0.2) is 29.4 Å². The van der Waals surface area contributed by atoms with Gasteiger partial charge in [0.25, 0.3) is 5.91 Å². The molecule has 1 amide bonds. The quantitative estimate of drug-likeness (QED) is 0.500. The highest BCUT2D eigenvalue weighted by molar-refractivity contribution is 5.99. The number of hydrogen-bond donors (Lipinski definition) is 1. The number of esters is 1. The van der Waals surface area contributed by atoms with Crippen LogP contribution in [0.25, 0.3) is 0 Å². The maximum Gasteiger partial charge on any atom is 0.311 e. The van der Waals surface area contributed by atoms with Crippen molar-refractivity contribution in [2.24, 2.45) is 5.10 Å². The van der Waals surface area contributed by atoms with Gasteiger partial charge in [-0.1, -0.05) is 17.7 Å². The second-order valence-corrected chi connectivity index (χ2v) is 3.91. The van der Waals surface area contributed by atoms with Crippen molar-refractivity contribution in [1.82, 2.24) is 5.43 Å². The molecule has 0 atom stereocenters. The van der Waals surface area contributed by atoms with Gasteiger partial charge in [-0.3, -0.25) is 9.59 Å². The number of methoxy groups -OCH3 is 1. The molecule has 18 heavy (non-hydrogen) atoms. The number of hydrazone groups is 1. The minimum Gasteiger partial charge on any atom is -0.469 e.